The number of thiophene rings is 1. The van der Waals surface area contributed by atoms with Gasteiger partial charge in [0.05, 0.1) is 5.02 Å². The molecule has 0 bridgehead atoms. The number of carbonyl (C=O) groups is 2. The number of Topliss-reactive ketones (excluding diaryl/α,β-unsaturated/α-hetero) is 1. The molecule has 2 aromatic rings. The number of benzene rings is 1. The average molecular weight is 382 g/mol. The summed E-state index contributed by atoms with van der Waals surface area (Å²) < 4.78 is 13.3. The molecule has 1 atom stereocenters. The summed E-state index contributed by atoms with van der Waals surface area (Å²) in [5.74, 6) is -1.72. The van der Waals surface area contributed by atoms with Crippen LogP contribution in [0.2, 0.25) is 5.02 Å². The lowest BCUT2D eigenvalue weighted by atomic mass is 9.93. The Bertz CT molecular complexity index is 796. The minimum Gasteiger partial charge on any atom is -0.373 e. The molecule has 132 valence electrons. The molecular weight excluding hydrogens is 365 g/mol. The van der Waals surface area contributed by atoms with Crippen LogP contribution in [0.4, 0.5) is 10.1 Å². The molecule has 3 rings (SSSR count). The number of hydrogen-bond donors (Lipinski definition) is 1. The van der Waals surface area contributed by atoms with Gasteiger partial charge in [-0.2, -0.15) is 0 Å². The quantitative estimate of drug-likeness (QED) is 0.778. The smallest absolute Gasteiger partial charge is 0.266 e. The molecule has 1 aliphatic rings. The normalized spacial score (nSPS) is 20.3. The Morgan fingerprint density at radius 3 is 2.88 bits per heavy atom. The lowest BCUT2D eigenvalue weighted by Gasteiger charge is -2.21. The van der Waals surface area contributed by atoms with Crippen LogP contribution in [0, 0.1) is 5.82 Å². The lowest BCUT2D eigenvalue weighted by molar-refractivity contribution is -0.147. The summed E-state index contributed by atoms with van der Waals surface area (Å²) in [6.07, 6.45) is 1.49. The van der Waals surface area contributed by atoms with Gasteiger partial charge >= 0.3 is 0 Å². The van der Waals surface area contributed by atoms with Gasteiger partial charge in [0.15, 0.2) is 5.78 Å². The highest BCUT2D eigenvalue weighted by Crippen LogP contribution is 2.32. The van der Waals surface area contributed by atoms with Crippen molar-refractivity contribution in [3.63, 3.8) is 0 Å². The molecular formula is C18H17ClFNO3S. The molecule has 4 nitrogen and oxygen atoms in total. The third kappa shape index (κ3) is 3.61. The zero-order valence-electron chi connectivity index (χ0n) is 13.4. The molecule has 1 fully saturated rings. The minimum atomic E-state index is -2.00. The minimum absolute atomic E-state index is 0.0265. The maximum atomic E-state index is 13.3. The number of nitrogens with zero attached hydrogens (tertiary/aromatic N) is 1. The molecule has 0 radical (unpaired) electrons. The van der Waals surface area contributed by atoms with Crippen molar-refractivity contribution in [2.24, 2.45) is 0 Å². The molecule has 2 heterocycles. The largest absolute Gasteiger partial charge is 0.373 e. The van der Waals surface area contributed by atoms with E-state index >= 15 is 0 Å². The first kappa shape index (κ1) is 18.0. The molecule has 0 aliphatic carbocycles. The van der Waals surface area contributed by atoms with Crippen LogP contribution in [-0.2, 0) is 16.0 Å². The Morgan fingerprint density at radius 2 is 2.20 bits per heavy atom. The van der Waals surface area contributed by atoms with Gasteiger partial charge in [-0.05, 0) is 42.5 Å². The first-order valence-corrected chi connectivity index (χ1v) is 9.22. The van der Waals surface area contributed by atoms with Gasteiger partial charge in [-0.25, -0.2) is 4.39 Å². The zero-order valence-corrected chi connectivity index (χ0v) is 14.9. The zero-order chi connectivity index (χ0) is 18.0. The van der Waals surface area contributed by atoms with Gasteiger partial charge in [0.1, 0.15) is 5.82 Å². The van der Waals surface area contributed by atoms with Crippen molar-refractivity contribution in [2.45, 2.75) is 31.3 Å². The SMILES string of the molecule is O=C(CCCc1cccs1)[C@@]1(O)CCN(c2ccc(F)c(Cl)c2)C1=O. The van der Waals surface area contributed by atoms with Gasteiger partial charge in [0, 0.05) is 30.0 Å². The fourth-order valence-corrected chi connectivity index (χ4v) is 3.87. The molecule has 0 spiro atoms. The van der Waals surface area contributed by atoms with Crippen molar-refractivity contribution in [2.75, 3.05) is 11.4 Å². The highest BCUT2D eigenvalue weighted by molar-refractivity contribution is 7.09. The second-order valence-electron chi connectivity index (χ2n) is 6.02. The summed E-state index contributed by atoms with van der Waals surface area (Å²) in [5.41, 5.74) is -1.63. The van der Waals surface area contributed by atoms with E-state index in [-0.39, 0.29) is 24.4 Å². The second kappa shape index (κ2) is 7.23. The number of carbonyl (C=O) groups excluding carboxylic acids is 2. The molecule has 1 amide bonds. The van der Waals surface area contributed by atoms with Gasteiger partial charge in [-0.15, -0.1) is 11.3 Å². The van der Waals surface area contributed by atoms with E-state index in [2.05, 4.69) is 0 Å². The Morgan fingerprint density at radius 1 is 1.40 bits per heavy atom. The van der Waals surface area contributed by atoms with E-state index in [0.717, 1.165) is 12.5 Å². The van der Waals surface area contributed by atoms with Gasteiger partial charge in [0.2, 0.25) is 5.60 Å². The molecule has 1 aliphatic heterocycles. The highest BCUT2D eigenvalue weighted by atomic mass is 35.5. The van der Waals surface area contributed by atoms with Crippen LogP contribution >= 0.6 is 22.9 Å². The number of aryl methyl sites for hydroxylation is 1. The number of halogens is 2. The van der Waals surface area contributed by atoms with E-state index in [1.807, 2.05) is 17.5 Å². The fraction of sp³-hybridized carbons (Fsp3) is 0.333. The van der Waals surface area contributed by atoms with E-state index in [1.165, 1.54) is 21.9 Å². The van der Waals surface area contributed by atoms with Crippen molar-refractivity contribution in [1.29, 1.82) is 0 Å². The summed E-state index contributed by atoms with van der Waals surface area (Å²) in [5, 5.41) is 12.5. The topological polar surface area (TPSA) is 57.6 Å². The fourth-order valence-electron chi connectivity index (χ4n) is 2.95. The van der Waals surface area contributed by atoms with E-state index < -0.39 is 23.1 Å². The number of hydrogen-bond acceptors (Lipinski definition) is 4. The maximum Gasteiger partial charge on any atom is 0.266 e. The average Bonchev–Trinajstić information content (AvgIpc) is 3.20. The number of aliphatic hydroxyl groups is 1. The first-order valence-electron chi connectivity index (χ1n) is 7.97. The van der Waals surface area contributed by atoms with E-state index in [4.69, 9.17) is 11.6 Å². The van der Waals surface area contributed by atoms with Gasteiger partial charge in [-0.3, -0.25) is 9.59 Å². The van der Waals surface area contributed by atoms with E-state index in [0.29, 0.717) is 12.1 Å². The first-order chi connectivity index (χ1) is 11.9. The van der Waals surface area contributed by atoms with Crippen LogP contribution in [0.5, 0.6) is 0 Å². The van der Waals surface area contributed by atoms with Crippen molar-refractivity contribution < 1.29 is 19.1 Å². The third-order valence-corrected chi connectivity index (χ3v) is 5.61. The Kier molecular flexibility index (Phi) is 5.22. The summed E-state index contributed by atoms with van der Waals surface area (Å²) in [6.45, 7) is 0.188. The van der Waals surface area contributed by atoms with Crippen LogP contribution in [0.15, 0.2) is 35.7 Å². The van der Waals surface area contributed by atoms with Gasteiger partial charge < -0.3 is 10.0 Å². The van der Waals surface area contributed by atoms with Gasteiger partial charge in [0.25, 0.3) is 5.91 Å². The molecule has 1 aromatic carbocycles. The van der Waals surface area contributed by atoms with Crippen molar-refractivity contribution in [1.82, 2.24) is 0 Å². The van der Waals surface area contributed by atoms with Gasteiger partial charge in [-0.1, -0.05) is 17.7 Å². The standard InChI is InChI=1S/C18H17ClFNO3S/c19-14-11-12(6-7-15(14)20)21-9-8-18(24,17(21)23)16(22)5-1-3-13-4-2-10-25-13/h2,4,6-7,10-11,24H,1,3,5,8-9H2/t18-/m0/s1. The predicted octanol–water partition coefficient (Wildman–Crippen LogP) is 3.60. The molecule has 7 heteroatoms. The molecule has 1 N–H and O–H groups in total. The third-order valence-electron chi connectivity index (χ3n) is 4.38. The maximum absolute atomic E-state index is 13.3. The van der Waals surface area contributed by atoms with Crippen molar-refractivity contribution >= 4 is 40.3 Å². The van der Waals surface area contributed by atoms with Crippen molar-refractivity contribution in [3.8, 4) is 0 Å². The molecule has 1 saturated heterocycles. The summed E-state index contributed by atoms with van der Waals surface area (Å²) >= 11 is 7.36. The van der Waals surface area contributed by atoms with Crippen LogP contribution in [0.25, 0.3) is 0 Å². The monoisotopic (exact) mass is 381 g/mol. The summed E-state index contributed by atoms with van der Waals surface area (Å²) in [6, 6.07) is 7.82. The van der Waals surface area contributed by atoms with E-state index in [1.54, 1.807) is 11.3 Å². The van der Waals surface area contributed by atoms with Crippen molar-refractivity contribution in [3.05, 3.63) is 51.4 Å². The van der Waals surface area contributed by atoms with Crippen LogP contribution in [0.1, 0.15) is 24.1 Å². The van der Waals surface area contributed by atoms with Crippen LogP contribution < -0.4 is 4.90 Å². The number of anilines is 1. The van der Waals surface area contributed by atoms with Crippen LogP contribution in [0.3, 0.4) is 0 Å². The Labute approximate surface area is 153 Å². The van der Waals surface area contributed by atoms with E-state index in [9.17, 15) is 19.1 Å². The Hall–Kier alpha value is -1.76. The number of ketones is 1. The lowest BCUT2D eigenvalue weighted by Crippen LogP contribution is -2.46. The molecule has 0 unspecified atom stereocenters. The van der Waals surface area contributed by atoms with Crippen LogP contribution in [-0.4, -0.2) is 28.9 Å². The number of amides is 1. The molecule has 0 saturated carbocycles. The molecule has 25 heavy (non-hydrogen) atoms. The summed E-state index contributed by atoms with van der Waals surface area (Å²) in [4.78, 5) is 27.4. The number of rotatable bonds is 6. The second-order valence-corrected chi connectivity index (χ2v) is 7.46. The predicted molar refractivity (Wildman–Crippen MR) is 95.6 cm³/mol. The molecule has 1 aromatic heterocycles. The Balaban J connectivity index is 1.66. The highest BCUT2D eigenvalue weighted by Gasteiger charge is 2.50. The summed E-state index contributed by atoms with van der Waals surface area (Å²) in [7, 11) is 0.